The van der Waals surface area contributed by atoms with Gasteiger partial charge in [0.05, 0.1) is 24.9 Å². The van der Waals surface area contributed by atoms with Crippen LogP contribution in [0.3, 0.4) is 0 Å². The van der Waals surface area contributed by atoms with Crippen LogP contribution in [0.1, 0.15) is 170 Å². The van der Waals surface area contributed by atoms with Crippen LogP contribution in [0.25, 0.3) is 11.1 Å². The van der Waals surface area contributed by atoms with Crippen LogP contribution in [-0.2, 0) is 24.0 Å². The van der Waals surface area contributed by atoms with Crippen molar-refractivity contribution in [1.82, 2.24) is 10.6 Å². The summed E-state index contributed by atoms with van der Waals surface area (Å²) in [6.07, 6.45) is 18.5. The number of aromatic hydroxyl groups is 2. The lowest BCUT2D eigenvalue weighted by atomic mass is 9.55. The quantitative estimate of drug-likeness (QED) is 0.0824. The number of nitrogens with one attached hydrogen (secondary N) is 2. The van der Waals surface area contributed by atoms with Gasteiger partial charge in [-0.3, -0.25) is 4.99 Å². The van der Waals surface area contributed by atoms with Gasteiger partial charge in [0, 0.05) is 73.7 Å². The number of allylic oxidation sites excluding steroid dienone is 2. The van der Waals surface area contributed by atoms with E-state index in [-0.39, 0.29) is 75.9 Å². The molecule has 0 aromatic heterocycles. The molecule has 15 atom stereocenters. The Morgan fingerprint density at radius 2 is 1.74 bits per heavy atom. The van der Waals surface area contributed by atoms with Crippen LogP contribution in [0.2, 0.25) is 0 Å². The first-order valence-corrected chi connectivity index (χ1v) is 31.3. The summed E-state index contributed by atoms with van der Waals surface area (Å²) >= 11 is 0. The number of rotatable bonds is 7. The van der Waals surface area contributed by atoms with Crippen LogP contribution < -0.4 is 30.6 Å². The van der Waals surface area contributed by atoms with E-state index in [1.165, 1.54) is 0 Å². The van der Waals surface area contributed by atoms with Gasteiger partial charge < -0.3 is 60.8 Å². The maximum atomic E-state index is 12.9. The Morgan fingerprint density at radius 1 is 0.901 bits per heavy atom. The minimum absolute atomic E-state index is 0.00207. The zero-order valence-electron chi connectivity index (χ0n) is 48.9. The molecular formula is C68H92N4O9. The third-order valence-corrected chi connectivity index (χ3v) is 22.1. The summed E-state index contributed by atoms with van der Waals surface area (Å²) in [4.78, 5) is 5.35. The molecule has 5 aliphatic carbocycles. The molecule has 13 nitrogen and oxygen atoms in total. The van der Waals surface area contributed by atoms with Crippen LogP contribution >= 0.6 is 0 Å². The Balaban J connectivity index is 0.995. The lowest BCUT2D eigenvalue weighted by Crippen LogP contribution is -2.53. The van der Waals surface area contributed by atoms with Crippen molar-refractivity contribution in [2.75, 3.05) is 40.5 Å². The second-order valence-corrected chi connectivity index (χ2v) is 27.5. The topological polar surface area (TPSA) is 201 Å². The number of ether oxygens (including phenoxy) is 4. The number of nitrogens with two attached hydrogens (primary N) is 1. The molecule has 0 amide bonds. The number of methoxy groups -OCH3 is 1. The van der Waals surface area contributed by atoms with E-state index < -0.39 is 18.3 Å². The Morgan fingerprint density at radius 3 is 2.54 bits per heavy atom. The Bertz CT molecular complexity index is 2950. The Kier molecular flexibility index (Phi) is 15.7. The van der Waals surface area contributed by atoms with Gasteiger partial charge in [0.2, 0.25) is 0 Å². The number of fused-ring (bicyclic) bond motifs is 3. The van der Waals surface area contributed by atoms with E-state index in [0.717, 1.165) is 130 Å². The molecule has 13 heteroatoms. The standard InChI is InChI=1S/C68H92N4O9/c1-6-41-25-43-14-13-42(41)26-49(74)34-67-19-9-18-66(67)22-23-79-68(37-66)21-20-65(36-68,38-70-4)17-8-11-48(72-64(69)71-39-67)31-50-45(35-73)10-7-12-57(50)80-59-30-44(15-16-54(59)75)63-56(77)32-53-58(81-63)33-60(78-5)62-52-28-47(24-40(2)3)55(76)29-46(52)27-51(43)61(53)62/h13-16,28-30,33,40-43,45,48-51,56-57,63,70,73-77H,6-7,9-12,18-27,31-32,34-39H2,1-5H3,(H3,69,71,72). The highest BCUT2D eigenvalue weighted by molar-refractivity contribution is 5.84. The van der Waals surface area contributed by atoms with Gasteiger partial charge in [0.25, 0.3) is 0 Å². The molecule has 13 bridgehead atoms. The first-order valence-electron chi connectivity index (χ1n) is 31.3. The number of guanidine groups is 1. The van der Waals surface area contributed by atoms with E-state index in [0.29, 0.717) is 98.0 Å². The molecule has 3 saturated carbocycles. The van der Waals surface area contributed by atoms with Crippen LogP contribution in [-0.4, -0.2) is 102 Å². The van der Waals surface area contributed by atoms with Crippen LogP contribution in [0.4, 0.5) is 0 Å². The normalized spacial score (nSPS) is 37.0. The number of aliphatic hydroxyl groups is 3. The molecule has 7 aliphatic heterocycles. The molecule has 3 aromatic rings. The molecule has 3 aromatic carbocycles. The highest BCUT2D eigenvalue weighted by Crippen LogP contribution is 2.66. The van der Waals surface area contributed by atoms with Crippen LogP contribution in [0.5, 0.6) is 28.7 Å². The fourth-order valence-electron chi connectivity index (χ4n) is 18.4. The molecule has 438 valence electrons. The van der Waals surface area contributed by atoms with E-state index in [9.17, 15) is 25.5 Å². The summed E-state index contributed by atoms with van der Waals surface area (Å²) in [6.45, 7) is 8.63. The van der Waals surface area contributed by atoms with Crippen molar-refractivity contribution in [1.29, 1.82) is 0 Å². The van der Waals surface area contributed by atoms with Crippen molar-refractivity contribution in [2.24, 2.45) is 62.5 Å². The molecule has 15 rings (SSSR count). The van der Waals surface area contributed by atoms with Crippen molar-refractivity contribution in [3.05, 3.63) is 76.4 Å². The summed E-state index contributed by atoms with van der Waals surface area (Å²) in [5, 5.41) is 67.0. The van der Waals surface area contributed by atoms with E-state index in [2.05, 4.69) is 61.5 Å². The van der Waals surface area contributed by atoms with Gasteiger partial charge in [0.15, 0.2) is 17.5 Å². The maximum Gasteiger partial charge on any atom is 0.188 e. The molecule has 1 saturated heterocycles. The third kappa shape index (κ3) is 10.5. The molecule has 4 fully saturated rings. The number of nitrogens with zero attached hydrogens (tertiary/aromatic N) is 1. The molecule has 3 spiro atoms. The molecule has 0 radical (unpaired) electrons. The van der Waals surface area contributed by atoms with Gasteiger partial charge in [-0.1, -0.05) is 57.8 Å². The predicted molar refractivity (Wildman–Crippen MR) is 316 cm³/mol. The Labute approximate surface area is 481 Å². The molecule has 9 N–H and O–H groups in total. The highest BCUT2D eigenvalue weighted by Gasteiger charge is 2.62. The highest BCUT2D eigenvalue weighted by atomic mass is 16.5. The fourth-order valence-corrected chi connectivity index (χ4v) is 18.4. The lowest BCUT2D eigenvalue weighted by molar-refractivity contribution is -0.159. The number of phenols is 2. The van der Waals surface area contributed by atoms with Crippen molar-refractivity contribution in [2.45, 2.75) is 191 Å². The van der Waals surface area contributed by atoms with Crippen molar-refractivity contribution < 1.29 is 44.5 Å². The smallest absolute Gasteiger partial charge is 0.188 e. The number of hydrogen-bond donors (Lipinski definition) is 8. The zero-order chi connectivity index (χ0) is 56.4. The predicted octanol–water partition coefficient (Wildman–Crippen LogP) is 10.3. The van der Waals surface area contributed by atoms with Gasteiger partial charge in [0.1, 0.15) is 29.5 Å². The summed E-state index contributed by atoms with van der Waals surface area (Å²) in [7, 11) is 3.75. The summed E-state index contributed by atoms with van der Waals surface area (Å²) in [5.41, 5.74) is 13.0. The minimum atomic E-state index is -0.932. The number of phenolic OH excluding ortho intramolecular Hbond substituents is 2. The second kappa shape index (κ2) is 22.6. The average molecular weight is 1110 g/mol. The number of aliphatic imine (C=N–C) groups is 1. The summed E-state index contributed by atoms with van der Waals surface area (Å²) < 4.78 is 27.5. The summed E-state index contributed by atoms with van der Waals surface area (Å²) in [5.74, 6) is 10.7. The largest absolute Gasteiger partial charge is 0.508 e. The van der Waals surface area contributed by atoms with E-state index in [4.69, 9.17) is 29.7 Å². The van der Waals surface area contributed by atoms with Crippen molar-refractivity contribution >= 4 is 5.96 Å². The first-order chi connectivity index (χ1) is 39.1. The number of hydrogen-bond acceptors (Lipinski definition) is 13. The van der Waals surface area contributed by atoms with Crippen molar-refractivity contribution in [3.63, 3.8) is 0 Å². The molecule has 81 heavy (non-hydrogen) atoms. The molecule has 7 heterocycles. The third-order valence-electron chi connectivity index (χ3n) is 22.1. The minimum Gasteiger partial charge on any atom is -0.508 e. The second-order valence-electron chi connectivity index (χ2n) is 27.5. The average Bonchev–Trinajstić information content (AvgIpc) is 3.87. The number of benzene rings is 3. The Hall–Kier alpha value is -4.97. The van der Waals surface area contributed by atoms with Gasteiger partial charge in [-0.2, -0.15) is 0 Å². The maximum absolute atomic E-state index is 12.9. The molecule has 12 aliphatic rings. The van der Waals surface area contributed by atoms with Crippen LogP contribution in [0, 0.1) is 63.6 Å². The van der Waals surface area contributed by atoms with Crippen molar-refractivity contribution in [3.8, 4) is 51.7 Å². The van der Waals surface area contributed by atoms with Gasteiger partial charge in [-0.05, 0) is 208 Å². The van der Waals surface area contributed by atoms with Gasteiger partial charge in [-0.15, -0.1) is 5.92 Å². The van der Waals surface area contributed by atoms with E-state index in [1.54, 1.807) is 13.2 Å². The molecule has 15 unspecified atom stereocenters. The van der Waals surface area contributed by atoms with Crippen LogP contribution in [0.15, 0.2) is 53.5 Å². The van der Waals surface area contributed by atoms with E-state index in [1.807, 2.05) is 31.3 Å². The van der Waals surface area contributed by atoms with Gasteiger partial charge in [-0.25, -0.2) is 0 Å². The monoisotopic (exact) mass is 1110 g/mol. The first kappa shape index (κ1) is 56.5. The van der Waals surface area contributed by atoms with E-state index >= 15 is 0 Å². The van der Waals surface area contributed by atoms with Gasteiger partial charge >= 0.3 is 0 Å². The fraction of sp³-hybridized carbons (Fsp3) is 0.662. The summed E-state index contributed by atoms with van der Waals surface area (Å²) in [6, 6.07) is 11.2. The lowest BCUT2D eigenvalue weighted by Gasteiger charge is -2.54. The molecular weight excluding hydrogens is 1020 g/mol. The number of aliphatic hydroxyl groups excluding tert-OH is 3. The zero-order valence-corrected chi connectivity index (χ0v) is 48.9. The SMILES string of the molecule is CCC1CC2C=CC1CC(O)CC13CCCC14CCOC1(CCC(CNC)(C#CCC(CC5C(CO)CCCC5Oc5cc(ccc5O)C5Oc6cc(OC)c7c(c6CC5O)C2Cc2cc(O)c(CC(C)C)cc2-7)NC(N)=NC3)C1)C4.